The van der Waals surface area contributed by atoms with Crippen LogP contribution in [0.2, 0.25) is 0 Å². The maximum Gasteiger partial charge on any atom is 0.306 e. The predicted molar refractivity (Wildman–Crippen MR) is 307 cm³/mol. The van der Waals surface area contributed by atoms with Crippen molar-refractivity contribution in [2.45, 2.75) is 297 Å². The predicted octanol–water partition coefficient (Wildman–Crippen LogP) is 20.3. The Bertz CT molecular complexity index is 1370. The zero-order chi connectivity index (χ0) is 51.4. The first-order chi connectivity index (χ1) is 35.0. The third-order valence-corrected chi connectivity index (χ3v) is 12.9. The Morgan fingerprint density at radius 2 is 0.563 bits per heavy atom. The van der Waals surface area contributed by atoms with Crippen molar-refractivity contribution >= 4 is 17.9 Å². The number of esters is 3. The van der Waals surface area contributed by atoms with Crippen molar-refractivity contribution in [2.75, 3.05) is 13.2 Å². The summed E-state index contributed by atoms with van der Waals surface area (Å²) in [6, 6.07) is 0. The van der Waals surface area contributed by atoms with Crippen molar-refractivity contribution in [3.05, 3.63) is 85.1 Å². The zero-order valence-corrected chi connectivity index (χ0v) is 46.7. The van der Waals surface area contributed by atoms with Gasteiger partial charge in [0.25, 0.3) is 0 Å². The summed E-state index contributed by atoms with van der Waals surface area (Å²) in [4.78, 5) is 37.9. The highest BCUT2D eigenvalue weighted by atomic mass is 16.6. The van der Waals surface area contributed by atoms with E-state index in [1.165, 1.54) is 161 Å². The molecule has 0 aliphatic carbocycles. The van der Waals surface area contributed by atoms with Gasteiger partial charge < -0.3 is 14.2 Å². The first kappa shape index (κ1) is 67.6. The van der Waals surface area contributed by atoms with Crippen LogP contribution in [0.15, 0.2) is 85.1 Å². The largest absolute Gasteiger partial charge is 0.462 e. The van der Waals surface area contributed by atoms with E-state index in [4.69, 9.17) is 14.2 Å². The smallest absolute Gasteiger partial charge is 0.306 e. The van der Waals surface area contributed by atoms with Crippen LogP contribution in [0.4, 0.5) is 0 Å². The topological polar surface area (TPSA) is 78.9 Å². The number of carbonyl (C=O) groups excluding carboxylic acids is 3. The fraction of sp³-hybridized carbons (Fsp3) is 0.738. The van der Waals surface area contributed by atoms with E-state index in [9.17, 15) is 14.4 Å². The maximum atomic E-state index is 12.8. The second-order valence-corrected chi connectivity index (χ2v) is 19.9. The number of rotatable bonds is 54. The van der Waals surface area contributed by atoms with Crippen LogP contribution in [-0.4, -0.2) is 37.2 Å². The monoisotopic (exact) mass is 989 g/mol. The van der Waals surface area contributed by atoms with Gasteiger partial charge in [-0.25, -0.2) is 0 Å². The van der Waals surface area contributed by atoms with Gasteiger partial charge in [-0.1, -0.05) is 266 Å². The molecule has 6 heteroatoms. The molecule has 0 amide bonds. The van der Waals surface area contributed by atoms with Crippen LogP contribution in [0.1, 0.15) is 290 Å². The molecule has 408 valence electrons. The van der Waals surface area contributed by atoms with E-state index in [1.54, 1.807) is 0 Å². The zero-order valence-electron chi connectivity index (χ0n) is 46.7. The second kappa shape index (κ2) is 59.2. The highest BCUT2D eigenvalue weighted by Gasteiger charge is 2.19. The quantitative estimate of drug-likeness (QED) is 0.0261. The standard InChI is InChI=1S/C65H112O6/c1-4-7-10-13-16-18-20-22-24-26-27-28-29-30-31-32-33-34-35-36-37-39-40-42-44-46-49-52-55-58-64(67)70-61-62(60-69-63(66)57-54-51-48-15-12-9-6-3)71-65(68)59-56-53-50-47-45-43-41-38-25-23-21-19-17-14-11-8-5-2/h8,11,17,19-20,22-23,25-27,41,43,47,50,62H,4-7,9-10,12-16,18,21,24,28-40,42,44-46,48-49,51-61H2,1-3H3/b11-8-,19-17-,22-20-,25-23-,27-26-,43-41-,50-47-. The summed E-state index contributed by atoms with van der Waals surface area (Å²) < 4.78 is 16.7. The number of hydrogen-bond donors (Lipinski definition) is 0. The van der Waals surface area contributed by atoms with E-state index in [0.717, 1.165) is 83.5 Å². The Morgan fingerprint density at radius 1 is 0.296 bits per heavy atom. The molecule has 1 atom stereocenters. The Balaban J connectivity index is 4.13. The van der Waals surface area contributed by atoms with E-state index in [0.29, 0.717) is 19.3 Å². The third kappa shape index (κ3) is 57.4. The van der Waals surface area contributed by atoms with Crippen molar-refractivity contribution in [3.63, 3.8) is 0 Å². The van der Waals surface area contributed by atoms with E-state index >= 15 is 0 Å². The second-order valence-electron chi connectivity index (χ2n) is 19.9. The summed E-state index contributed by atoms with van der Waals surface area (Å²) in [5.41, 5.74) is 0. The molecule has 0 radical (unpaired) electrons. The normalized spacial score (nSPS) is 12.7. The molecule has 0 bridgehead atoms. The van der Waals surface area contributed by atoms with Crippen molar-refractivity contribution in [1.82, 2.24) is 0 Å². The Labute approximate surface area is 439 Å². The molecule has 0 saturated heterocycles. The Hall–Kier alpha value is -3.41. The van der Waals surface area contributed by atoms with Crippen molar-refractivity contribution in [1.29, 1.82) is 0 Å². The van der Waals surface area contributed by atoms with Gasteiger partial charge in [0.05, 0.1) is 0 Å². The summed E-state index contributed by atoms with van der Waals surface area (Å²) in [5.74, 6) is -0.956. The highest BCUT2D eigenvalue weighted by molar-refractivity contribution is 5.71. The minimum atomic E-state index is -0.802. The molecule has 71 heavy (non-hydrogen) atoms. The molecular weight excluding hydrogens is 877 g/mol. The Kier molecular flexibility index (Phi) is 56.3. The first-order valence-electron chi connectivity index (χ1n) is 30.1. The van der Waals surface area contributed by atoms with Gasteiger partial charge in [-0.05, 0) is 89.9 Å². The number of unbranched alkanes of at least 4 members (excludes halogenated alkanes) is 29. The molecule has 0 heterocycles. The molecule has 6 nitrogen and oxygen atoms in total. The van der Waals surface area contributed by atoms with Gasteiger partial charge in [-0.2, -0.15) is 0 Å². The number of allylic oxidation sites excluding steroid dienone is 14. The minimum Gasteiger partial charge on any atom is -0.462 e. The lowest BCUT2D eigenvalue weighted by molar-refractivity contribution is -0.167. The summed E-state index contributed by atoms with van der Waals surface area (Å²) in [6.45, 7) is 6.44. The third-order valence-electron chi connectivity index (χ3n) is 12.9. The fourth-order valence-corrected chi connectivity index (χ4v) is 8.39. The molecule has 0 saturated carbocycles. The molecule has 0 aliphatic rings. The molecule has 0 aromatic heterocycles. The fourth-order valence-electron chi connectivity index (χ4n) is 8.39. The summed E-state index contributed by atoms with van der Waals surface area (Å²) >= 11 is 0. The molecule has 0 aliphatic heterocycles. The number of hydrogen-bond acceptors (Lipinski definition) is 6. The average Bonchev–Trinajstić information content (AvgIpc) is 3.37. The molecule has 0 aromatic carbocycles. The van der Waals surface area contributed by atoms with E-state index in [2.05, 4.69) is 106 Å². The molecule has 0 spiro atoms. The van der Waals surface area contributed by atoms with E-state index < -0.39 is 6.10 Å². The van der Waals surface area contributed by atoms with Crippen LogP contribution >= 0.6 is 0 Å². The molecule has 0 fully saturated rings. The molecule has 0 rings (SSSR count). The van der Waals surface area contributed by atoms with Gasteiger partial charge in [-0.15, -0.1) is 0 Å². The maximum absolute atomic E-state index is 12.8. The lowest BCUT2D eigenvalue weighted by Gasteiger charge is -2.18. The average molecular weight is 990 g/mol. The molecular formula is C65H112O6. The SMILES string of the molecule is CC/C=C\C/C=C\C/C=C\C/C=C\C/C=C\CCCC(=O)OC(COC(=O)CCCCCCCCC)COC(=O)CCCCCCCCCCCCCCCCCCC/C=C\C/C=C\CCCCCCC. The van der Waals surface area contributed by atoms with Gasteiger partial charge in [0, 0.05) is 19.3 Å². The van der Waals surface area contributed by atoms with Gasteiger partial charge in [-0.3, -0.25) is 14.4 Å². The van der Waals surface area contributed by atoms with Crippen LogP contribution in [0.3, 0.4) is 0 Å². The van der Waals surface area contributed by atoms with Crippen LogP contribution < -0.4 is 0 Å². The summed E-state index contributed by atoms with van der Waals surface area (Å²) in [5, 5.41) is 0. The van der Waals surface area contributed by atoms with E-state index in [1.807, 2.05) is 0 Å². The van der Waals surface area contributed by atoms with Crippen LogP contribution in [0, 0.1) is 0 Å². The molecule has 0 N–H and O–H groups in total. The van der Waals surface area contributed by atoms with Gasteiger partial charge in [0.1, 0.15) is 13.2 Å². The lowest BCUT2D eigenvalue weighted by atomic mass is 10.0. The molecule has 0 aromatic rings. The van der Waals surface area contributed by atoms with Gasteiger partial charge in [0.15, 0.2) is 6.10 Å². The molecule has 1 unspecified atom stereocenters. The van der Waals surface area contributed by atoms with Crippen LogP contribution in [0.5, 0.6) is 0 Å². The van der Waals surface area contributed by atoms with Crippen LogP contribution in [0.25, 0.3) is 0 Å². The summed E-state index contributed by atoms with van der Waals surface area (Å²) in [7, 11) is 0. The lowest BCUT2D eigenvalue weighted by Crippen LogP contribution is -2.30. The summed E-state index contributed by atoms with van der Waals surface area (Å²) in [6.07, 6.45) is 77.7. The Morgan fingerprint density at radius 3 is 0.901 bits per heavy atom. The van der Waals surface area contributed by atoms with Crippen molar-refractivity contribution < 1.29 is 28.6 Å². The number of ether oxygens (including phenoxy) is 3. The van der Waals surface area contributed by atoms with Gasteiger partial charge >= 0.3 is 17.9 Å². The van der Waals surface area contributed by atoms with Crippen molar-refractivity contribution in [2.24, 2.45) is 0 Å². The van der Waals surface area contributed by atoms with E-state index in [-0.39, 0.29) is 37.5 Å². The van der Waals surface area contributed by atoms with Crippen molar-refractivity contribution in [3.8, 4) is 0 Å². The van der Waals surface area contributed by atoms with Gasteiger partial charge in [0.2, 0.25) is 0 Å². The minimum absolute atomic E-state index is 0.0969. The highest BCUT2D eigenvalue weighted by Crippen LogP contribution is 2.16. The first-order valence-corrected chi connectivity index (χ1v) is 30.1. The number of carbonyl (C=O) groups is 3. The van der Waals surface area contributed by atoms with Crippen LogP contribution in [-0.2, 0) is 28.6 Å².